The Morgan fingerprint density at radius 1 is 1.39 bits per heavy atom. The van der Waals surface area contributed by atoms with Crippen LogP contribution >= 0.6 is 0 Å². The zero-order valence-corrected chi connectivity index (χ0v) is 10.2. The van der Waals surface area contributed by atoms with Gasteiger partial charge in [-0.05, 0) is 32.0 Å². The Bertz CT molecular complexity index is 477. The molecule has 98 valence electrons. The van der Waals surface area contributed by atoms with Crippen molar-refractivity contribution in [3.8, 4) is 5.75 Å². The number of carboxylic acid groups (broad SMARTS) is 1. The summed E-state index contributed by atoms with van der Waals surface area (Å²) in [6.45, 7) is 3.39. The second-order valence-corrected chi connectivity index (χ2v) is 4.75. The van der Waals surface area contributed by atoms with Gasteiger partial charge in [-0.3, -0.25) is 4.79 Å². The molecule has 0 saturated carbocycles. The number of phenolic OH excluding ortho intramolecular Hbond substituents is 1. The molecule has 1 aromatic carbocycles. The molecule has 0 radical (unpaired) electrons. The first-order valence-corrected chi connectivity index (χ1v) is 5.34. The van der Waals surface area contributed by atoms with Crippen molar-refractivity contribution in [1.82, 2.24) is 0 Å². The third-order valence-electron chi connectivity index (χ3n) is 2.13. The van der Waals surface area contributed by atoms with Gasteiger partial charge in [-0.15, -0.1) is 0 Å². The lowest BCUT2D eigenvalue weighted by Gasteiger charge is -2.17. The normalized spacial score (nSPS) is 11.1. The minimum absolute atomic E-state index is 0.0184. The first-order chi connectivity index (χ1) is 8.19. The number of anilines is 1. The summed E-state index contributed by atoms with van der Waals surface area (Å²) >= 11 is 0. The number of nitrogens with two attached hydrogens (primary N) is 1. The lowest BCUT2D eigenvalue weighted by Crippen LogP contribution is -2.36. The van der Waals surface area contributed by atoms with E-state index in [1.807, 2.05) is 0 Å². The highest BCUT2D eigenvalue weighted by Gasteiger charge is 2.17. The van der Waals surface area contributed by atoms with Gasteiger partial charge in [-0.25, -0.2) is 4.79 Å². The van der Waals surface area contributed by atoms with Crippen LogP contribution in [0.2, 0.25) is 0 Å². The van der Waals surface area contributed by atoms with Crippen LogP contribution in [0.25, 0.3) is 0 Å². The third kappa shape index (κ3) is 4.06. The van der Waals surface area contributed by atoms with Crippen molar-refractivity contribution < 1.29 is 19.8 Å². The van der Waals surface area contributed by atoms with Gasteiger partial charge < -0.3 is 21.3 Å². The van der Waals surface area contributed by atoms with Gasteiger partial charge in [-0.1, -0.05) is 0 Å². The van der Waals surface area contributed by atoms with Crippen LogP contribution < -0.4 is 11.1 Å². The van der Waals surface area contributed by atoms with Gasteiger partial charge in [0, 0.05) is 12.0 Å². The molecule has 0 aliphatic heterocycles. The van der Waals surface area contributed by atoms with Crippen LogP contribution in [0.1, 0.15) is 30.6 Å². The Balaban J connectivity index is 2.87. The summed E-state index contributed by atoms with van der Waals surface area (Å²) in [5.74, 6) is -1.71. The van der Waals surface area contributed by atoms with Crippen LogP contribution in [0.3, 0.4) is 0 Å². The van der Waals surface area contributed by atoms with Gasteiger partial charge in [0.1, 0.15) is 5.75 Å². The number of hydrogen-bond acceptors (Lipinski definition) is 4. The fraction of sp³-hybridized carbons (Fsp3) is 0.333. The second-order valence-electron chi connectivity index (χ2n) is 4.75. The van der Waals surface area contributed by atoms with E-state index in [0.717, 1.165) is 0 Å². The number of benzene rings is 1. The molecule has 1 rings (SSSR count). The predicted octanol–water partition coefficient (Wildman–Crippen LogP) is 1.16. The maximum Gasteiger partial charge on any atom is 0.335 e. The molecular weight excluding hydrogens is 236 g/mol. The number of amides is 1. The number of aromatic hydroxyl groups is 1. The average molecular weight is 252 g/mol. The molecule has 0 bridgehead atoms. The van der Waals surface area contributed by atoms with E-state index in [9.17, 15) is 14.7 Å². The lowest BCUT2D eigenvalue weighted by atomic mass is 10.0. The maximum absolute atomic E-state index is 11.6. The van der Waals surface area contributed by atoms with Gasteiger partial charge in [0.05, 0.1) is 11.3 Å². The molecule has 0 unspecified atom stereocenters. The average Bonchev–Trinajstić information content (AvgIpc) is 2.18. The first-order valence-electron chi connectivity index (χ1n) is 5.34. The van der Waals surface area contributed by atoms with Crippen LogP contribution in [-0.4, -0.2) is 27.6 Å². The van der Waals surface area contributed by atoms with Crippen LogP contribution in [0.5, 0.6) is 5.75 Å². The molecule has 0 aromatic heterocycles. The smallest absolute Gasteiger partial charge is 0.335 e. The predicted molar refractivity (Wildman–Crippen MR) is 66.6 cm³/mol. The SMILES string of the molecule is CC(C)(N)CC(=O)Nc1cc(C(=O)O)ccc1O. The third-order valence-corrected chi connectivity index (χ3v) is 2.13. The summed E-state index contributed by atoms with van der Waals surface area (Å²) in [7, 11) is 0. The van der Waals surface area contributed by atoms with Gasteiger partial charge in [-0.2, -0.15) is 0 Å². The molecule has 6 heteroatoms. The van der Waals surface area contributed by atoms with E-state index in [0.29, 0.717) is 0 Å². The minimum Gasteiger partial charge on any atom is -0.506 e. The Morgan fingerprint density at radius 3 is 2.50 bits per heavy atom. The molecule has 6 nitrogen and oxygen atoms in total. The molecule has 5 N–H and O–H groups in total. The van der Waals surface area contributed by atoms with Crippen molar-refractivity contribution in [3.05, 3.63) is 23.8 Å². The first kappa shape index (κ1) is 14.0. The highest BCUT2D eigenvalue weighted by Crippen LogP contribution is 2.24. The number of hydrogen-bond donors (Lipinski definition) is 4. The molecule has 0 heterocycles. The number of aromatic carboxylic acids is 1. The molecule has 1 aromatic rings. The van der Waals surface area contributed by atoms with E-state index in [1.54, 1.807) is 13.8 Å². The fourth-order valence-corrected chi connectivity index (χ4v) is 1.38. The van der Waals surface area contributed by atoms with Crippen LogP contribution in [0.15, 0.2) is 18.2 Å². The fourth-order valence-electron chi connectivity index (χ4n) is 1.38. The van der Waals surface area contributed by atoms with Crippen LogP contribution in [0, 0.1) is 0 Å². The quantitative estimate of drug-likeness (QED) is 0.600. The van der Waals surface area contributed by atoms with Gasteiger partial charge in [0.25, 0.3) is 0 Å². The van der Waals surface area contributed by atoms with E-state index < -0.39 is 11.5 Å². The van der Waals surface area contributed by atoms with Crippen molar-refractivity contribution in [2.45, 2.75) is 25.8 Å². The summed E-state index contributed by atoms with van der Waals surface area (Å²) in [4.78, 5) is 22.4. The lowest BCUT2D eigenvalue weighted by molar-refractivity contribution is -0.117. The number of carboxylic acids is 1. The van der Waals surface area contributed by atoms with Gasteiger partial charge in [0.15, 0.2) is 0 Å². The summed E-state index contributed by atoms with van der Waals surface area (Å²) in [5.41, 5.74) is 5.05. The Hall–Kier alpha value is -2.08. The van der Waals surface area contributed by atoms with Crippen LogP contribution in [0.4, 0.5) is 5.69 Å². The molecule has 0 fully saturated rings. The molecule has 1 amide bonds. The van der Waals surface area contributed by atoms with Crippen LogP contribution in [-0.2, 0) is 4.79 Å². The largest absolute Gasteiger partial charge is 0.506 e. The summed E-state index contributed by atoms with van der Waals surface area (Å²) in [6, 6.07) is 3.66. The van der Waals surface area contributed by atoms with E-state index in [2.05, 4.69) is 5.32 Å². The monoisotopic (exact) mass is 252 g/mol. The van der Waals surface area contributed by atoms with Crippen molar-refractivity contribution in [3.63, 3.8) is 0 Å². The number of nitrogens with one attached hydrogen (secondary N) is 1. The number of carbonyl (C=O) groups excluding carboxylic acids is 1. The van der Waals surface area contributed by atoms with Gasteiger partial charge in [0.2, 0.25) is 5.91 Å². The minimum atomic E-state index is -1.13. The Labute approximate surface area is 104 Å². The number of phenols is 1. The topological polar surface area (TPSA) is 113 Å². The number of carbonyl (C=O) groups is 2. The van der Waals surface area contributed by atoms with Gasteiger partial charge >= 0.3 is 5.97 Å². The van der Waals surface area contributed by atoms with Crippen molar-refractivity contribution in [2.24, 2.45) is 5.73 Å². The summed E-state index contributed by atoms with van der Waals surface area (Å²) < 4.78 is 0. The van der Waals surface area contributed by atoms with E-state index in [-0.39, 0.29) is 29.3 Å². The molecule has 0 spiro atoms. The van der Waals surface area contributed by atoms with Crippen molar-refractivity contribution in [2.75, 3.05) is 5.32 Å². The molecule has 0 atom stereocenters. The number of rotatable bonds is 4. The zero-order valence-electron chi connectivity index (χ0n) is 10.2. The standard InChI is InChI=1S/C12H16N2O4/c1-12(2,13)6-10(16)14-8-5-7(11(17)18)3-4-9(8)15/h3-5,15H,6,13H2,1-2H3,(H,14,16)(H,17,18). The maximum atomic E-state index is 11.6. The van der Waals surface area contributed by atoms with Crippen molar-refractivity contribution in [1.29, 1.82) is 0 Å². The summed E-state index contributed by atoms with van der Waals surface area (Å²) in [5, 5.41) is 20.8. The molecule has 0 aliphatic carbocycles. The summed E-state index contributed by atoms with van der Waals surface area (Å²) in [6.07, 6.45) is 0.0593. The molecular formula is C12H16N2O4. The zero-order chi connectivity index (χ0) is 13.9. The second kappa shape index (κ2) is 5.05. The van der Waals surface area contributed by atoms with E-state index in [4.69, 9.17) is 10.8 Å². The molecule has 18 heavy (non-hydrogen) atoms. The molecule has 0 aliphatic rings. The van der Waals surface area contributed by atoms with E-state index in [1.165, 1.54) is 18.2 Å². The van der Waals surface area contributed by atoms with E-state index >= 15 is 0 Å². The Kier molecular flexibility index (Phi) is 3.93. The van der Waals surface area contributed by atoms with Crippen molar-refractivity contribution >= 4 is 17.6 Å². The highest BCUT2D eigenvalue weighted by atomic mass is 16.4. The molecule has 0 saturated heterocycles. The highest BCUT2D eigenvalue weighted by molar-refractivity contribution is 5.95. The Morgan fingerprint density at radius 2 is 2.00 bits per heavy atom.